The van der Waals surface area contributed by atoms with E-state index in [0.29, 0.717) is 37.7 Å². The predicted molar refractivity (Wildman–Crippen MR) is 90.0 cm³/mol. The van der Waals surface area contributed by atoms with Crippen molar-refractivity contribution in [1.29, 1.82) is 0 Å². The van der Waals surface area contributed by atoms with Gasteiger partial charge >= 0.3 is 6.03 Å². The van der Waals surface area contributed by atoms with E-state index in [-0.39, 0.29) is 11.7 Å². The third-order valence-electron chi connectivity index (χ3n) is 4.01. The van der Waals surface area contributed by atoms with E-state index in [2.05, 4.69) is 10.3 Å². The summed E-state index contributed by atoms with van der Waals surface area (Å²) in [5.41, 5.74) is 0.781. The van der Waals surface area contributed by atoms with Crippen LogP contribution in [0.5, 0.6) is 5.88 Å². The number of ether oxygens (including phenoxy) is 1. The number of nitrogens with one attached hydrogen (secondary N) is 1. The van der Waals surface area contributed by atoms with Crippen molar-refractivity contribution in [1.82, 2.24) is 9.88 Å². The van der Waals surface area contributed by atoms with Gasteiger partial charge in [-0.1, -0.05) is 0 Å². The number of pyridine rings is 1. The topological polar surface area (TPSA) is 57.7 Å². The Hall–Kier alpha value is -2.90. The van der Waals surface area contributed by atoms with Crippen LogP contribution >= 0.6 is 0 Å². The quantitative estimate of drug-likeness (QED) is 0.927. The lowest BCUT2D eigenvalue weighted by Crippen LogP contribution is -2.50. The SMILES string of the molecule is COc1ccc(NC(=O)N2CCN(c3cc(F)ccc3F)CC2)cn1. The molecule has 3 rings (SSSR count). The molecule has 2 aromatic rings. The molecule has 132 valence electrons. The van der Waals surface area contributed by atoms with Crippen LogP contribution in [0.4, 0.5) is 25.0 Å². The van der Waals surface area contributed by atoms with Crippen LogP contribution in [0.3, 0.4) is 0 Å². The minimum atomic E-state index is -0.483. The van der Waals surface area contributed by atoms with E-state index in [1.54, 1.807) is 21.9 Å². The van der Waals surface area contributed by atoms with E-state index in [1.807, 2.05) is 0 Å². The van der Waals surface area contributed by atoms with E-state index < -0.39 is 11.6 Å². The van der Waals surface area contributed by atoms with Crippen LogP contribution in [-0.2, 0) is 0 Å². The molecule has 1 aliphatic heterocycles. The number of carbonyl (C=O) groups is 1. The lowest BCUT2D eigenvalue weighted by Gasteiger charge is -2.36. The fourth-order valence-electron chi connectivity index (χ4n) is 2.66. The molecule has 2 heterocycles. The number of urea groups is 1. The number of nitrogens with zero attached hydrogens (tertiary/aromatic N) is 3. The zero-order valence-electron chi connectivity index (χ0n) is 13.7. The summed E-state index contributed by atoms with van der Waals surface area (Å²) in [7, 11) is 1.52. The maximum atomic E-state index is 13.8. The lowest BCUT2D eigenvalue weighted by atomic mass is 10.2. The van der Waals surface area contributed by atoms with Crippen LogP contribution in [0.15, 0.2) is 36.5 Å². The molecule has 0 atom stereocenters. The number of amides is 2. The average molecular weight is 348 g/mol. The van der Waals surface area contributed by atoms with Gasteiger partial charge in [-0.25, -0.2) is 18.6 Å². The van der Waals surface area contributed by atoms with Gasteiger partial charge in [0, 0.05) is 38.3 Å². The fourth-order valence-corrected chi connectivity index (χ4v) is 2.66. The summed E-state index contributed by atoms with van der Waals surface area (Å²) in [6.07, 6.45) is 1.51. The number of rotatable bonds is 3. The minimum Gasteiger partial charge on any atom is -0.481 e. The van der Waals surface area contributed by atoms with Crippen LogP contribution in [0.2, 0.25) is 0 Å². The largest absolute Gasteiger partial charge is 0.481 e. The van der Waals surface area contributed by atoms with Gasteiger partial charge in [0.15, 0.2) is 0 Å². The summed E-state index contributed by atoms with van der Waals surface area (Å²) < 4.78 is 32.1. The van der Waals surface area contributed by atoms with E-state index in [4.69, 9.17) is 4.74 Å². The van der Waals surface area contributed by atoms with Gasteiger partial charge in [-0.15, -0.1) is 0 Å². The molecule has 1 aliphatic rings. The Kier molecular flexibility index (Phi) is 4.97. The van der Waals surface area contributed by atoms with Gasteiger partial charge in [0.25, 0.3) is 0 Å². The molecule has 6 nitrogen and oxygen atoms in total. The van der Waals surface area contributed by atoms with Gasteiger partial charge in [0.05, 0.1) is 24.7 Å². The Labute approximate surface area is 144 Å². The van der Waals surface area contributed by atoms with Crippen molar-refractivity contribution < 1.29 is 18.3 Å². The maximum absolute atomic E-state index is 13.8. The number of anilines is 2. The minimum absolute atomic E-state index is 0.222. The van der Waals surface area contributed by atoms with Gasteiger partial charge in [-0.05, 0) is 18.2 Å². The molecule has 1 fully saturated rings. The van der Waals surface area contributed by atoms with E-state index in [0.717, 1.165) is 12.1 Å². The molecule has 2 amide bonds. The van der Waals surface area contributed by atoms with Gasteiger partial charge in [-0.2, -0.15) is 0 Å². The second-order valence-corrected chi connectivity index (χ2v) is 5.59. The summed E-state index contributed by atoms with van der Waals surface area (Å²) in [6.45, 7) is 1.67. The lowest BCUT2D eigenvalue weighted by molar-refractivity contribution is 0.208. The molecule has 1 aromatic carbocycles. The smallest absolute Gasteiger partial charge is 0.322 e. The highest BCUT2D eigenvalue weighted by Crippen LogP contribution is 2.22. The van der Waals surface area contributed by atoms with Crippen molar-refractivity contribution in [2.24, 2.45) is 0 Å². The Morgan fingerprint density at radius 2 is 1.92 bits per heavy atom. The van der Waals surface area contributed by atoms with Gasteiger partial charge in [0.1, 0.15) is 11.6 Å². The first kappa shape index (κ1) is 16.9. The summed E-state index contributed by atoms with van der Waals surface area (Å²) in [4.78, 5) is 19.7. The molecule has 1 aromatic heterocycles. The number of hydrogen-bond donors (Lipinski definition) is 1. The molecule has 25 heavy (non-hydrogen) atoms. The highest BCUT2D eigenvalue weighted by molar-refractivity contribution is 5.89. The Morgan fingerprint density at radius 3 is 2.56 bits per heavy atom. The van der Waals surface area contributed by atoms with Crippen LogP contribution in [-0.4, -0.2) is 49.2 Å². The zero-order chi connectivity index (χ0) is 17.8. The molecule has 0 saturated carbocycles. The molecule has 8 heteroatoms. The zero-order valence-corrected chi connectivity index (χ0v) is 13.7. The molecule has 0 bridgehead atoms. The summed E-state index contributed by atoms with van der Waals surface area (Å²) in [6, 6.07) is 6.47. The van der Waals surface area contributed by atoms with Crippen LogP contribution in [0, 0.1) is 11.6 Å². The van der Waals surface area contributed by atoms with Gasteiger partial charge in [0.2, 0.25) is 5.88 Å². The molecule has 0 aliphatic carbocycles. The highest BCUT2D eigenvalue weighted by Gasteiger charge is 2.23. The molecular weight excluding hydrogens is 330 g/mol. The number of aromatic nitrogens is 1. The first-order chi connectivity index (χ1) is 12.1. The van der Waals surface area contributed by atoms with Crippen molar-refractivity contribution in [3.8, 4) is 5.88 Å². The maximum Gasteiger partial charge on any atom is 0.322 e. The summed E-state index contributed by atoms with van der Waals surface area (Å²) in [5.74, 6) is -0.490. The number of piperazine rings is 1. The van der Waals surface area contributed by atoms with Crippen molar-refractivity contribution in [2.45, 2.75) is 0 Å². The second kappa shape index (κ2) is 7.33. The van der Waals surface area contributed by atoms with Crippen LogP contribution in [0.1, 0.15) is 0 Å². The Bertz CT molecular complexity index is 747. The third-order valence-corrected chi connectivity index (χ3v) is 4.01. The standard InChI is InChI=1S/C17H18F2N4O2/c1-25-16-5-3-13(11-20-16)21-17(24)23-8-6-22(7-9-23)15-10-12(18)2-4-14(15)19/h2-5,10-11H,6-9H2,1H3,(H,21,24). The van der Waals surface area contributed by atoms with Crippen molar-refractivity contribution in [3.05, 3.63) is 48.2 Å². The normalized spacial score (nSPS) is 14.4. The average Bonchev–Trinajstić information content (AvgIpc) is 2.64. The number of carbonyl (C=O) groups excluding carboxylic acids is 1. The number of hydrogen-bond acceptors (Lipinski definition) is 4. The molecule has 1 N–H and O–H groups in total. The first-order valence-corrected chi connectivity index (χ1v) is 7.83. The summed E-state index contributed by atoms with van der Waals surface area (Å²) in [5, 5.41) is 2.75. The highest BCUT2D eigenvalue weighted by atomic mass is 19.1. The third kappa shape index (κ3) is 3.96. The molecular formula is C17H18F2N4O2. The number of benzene rings is 1. The fraction of sp³-hybridized carbons (Fsp3) is 0.294. The van der Waals surface area contributed by atoms with Crippen LogP contribution < -0.4 is 15.0 Å². The predicted octanol–water partition coefficient (Wildman–Crippen LogP) is 2.72. The van der Waals surface area contributed by atoms with E-state index >= 15 is 0 Å². The van der Waals surface area contributed by atoms with Gasteiger partial charge < -0.3 is 19.9 Å². The van der Waals surface area contributed by atoms with E-state index in [1.165, 1.54) is 19.4 Å². The van der Waals surface area contributed by atoms with Crippen molar-refractivity contribution >= 4 is 17.4 Å². The second-order valence-electron chi connectivity index (χ2n) is 5.59. The monoisotopic (exact) mass is 348 g/mol. The molecule has 1 saturated heterocycles. The number of methoxy groups -OCH3 is 1. The van der Waals surface area contributed by atoms with Crippen molar-refractivity contribution in [3.63, 3.8) is 0 Å². The van der Waals surface area contributed by atoms with Crippen LogP contribution in [0.25, 0.3) is 0 Å². The first-order valence-electron chi connectivity index (χ1n) is 7.83. The molecule has 0 spiro atoms. The Balaban J connectivity index is 1.57. The summed E-state index contributed by atoms with van der Waals surface area (Å²) >= 11 is 0. The number of halogens is 2. The van der Waals surface area contributed by atoms with E-state index in [9.17, 15) is 13.6 Å². The Morgan fingerprint density at radius 1 is 1.16 bits per heavy atom. The molecule has 0 radical (unpaired) electrons. The van der Waals surface area contributed by atoms with Gasteiger partial charge in [-0.3, -0.25) is 0 Å². The molecule has 0 unspecified atom stereocenters. The van der Waals surface area contributed by atoms with Crippen molar-refractivity contribution in [2.75, 3.05) is 43.5 Å².